The van der Waals surface area contributed by atoms with Gasteiger partial charge in [-0.05, 0) is 299 Å². The monoisotopic (exact) mass is 2550 g/mol. The quantitative estimate of drug-likeness (QED) is 0.133. The van der Waals surface area contributed by atoms with E-state index in [1.165, 1.54) is 220 Å². The first-order valence-electron chi connectivity index (χ1n) is 30.0. The minimum Gasteiger partial charge on any atom is -0.132 e. The van der Waals surface area contributed by atoms with Gasteiger partial charge in [-0.1, -0.05) is 129 Å². The van der Waals surface area contributed by atoms with Crippen LogP contribution in [0.3, 0.4) is 0 Å². The average Bonchev–Trinajstić information content (AvgIpc) is 1.57. The summed E-state index contributed by atoms with van der Waals surface area (Å²) in [6.07, 6.45) is 2.09. The molecule has 98 heavy (non-hydrogen) atoms. The van der Waals surface area contributed by atoms with Crippen LogP contribution in [-0.2, 0) is 12.8 Å². The zero-order valence-electron chi connectivity index (χ0n) is 51.2. The lowest BCUT2D eigenvalue weighted by molar-refractivity contribution is 1.14. The molecular formula is C74H40Br6I6S12. The van der Waals surface area contributed by atoms with E-state index in [0.717, 1.165) is 21.8 Å². The summed E-state index contributed by atoms with van der Waals surface area (Å²) in [5, 5.41) is 0. The molecule has 6 aromatic carbocycles. The zero-order chi connectivity index (χ0) is 68.3. The molecule has 18 aromatic rings. The van der Waals surface area contributed by atoms with Crippen molar-refractivity contribution in [2.75, 3.05) is 0 Å². The fraction of sp³-hybridized carbons (Fsp3) is 0.108. The van der Waals surface area contributed by atoms with Gasteiger partial charge in [0, 0.05) is 63.7 Å². The molecule has 0 amide bonds. The second-order valence-corrected chi connectivity index (χ2v) is 47.2. The van der Waals surface area contributed by atoms with E-state index in [1.54, 1.807) is 0 Å². The third kappa shape index (κ3) is 13.0. The predicted octanol–water partition coefficient (Wildman–Crippen LogP) is 36.7. The number of hydrogen-bond acceptors (Lipinski definition) is 12. The highest BCUT2D eigenvalue weighted by Gasteiger charge is 2.29. The molecule has 12 heterocycles. The van der Waals surface area contributed by atoms with Crippen LogP contribution in [-0.4, -0.2) is 0 Å². The summed E-state index contributed by atoms with van der Waals surface area (Å²) in [5.74, 6) is 0. The predicted molar refractivity (Wildman–Crippen MR) is 524 cm³/mol. The van der Waals surface area contributed by atoms with Crippen molar-refractivity contribution in [3.8, 4) is 62.6 Å². The van der Waals surface area contributed by atoms with Gasteiger partial charge in [0.2, 0.25) is 0 Å². The van der Waals surface area contributed by atoms with Crippen LogP contribution in [0.2, 0.25) is 0 Å². The Balaban J connectivity index is 0.000000115. The molecule has 0 spiro atoms. The number of aryl methyl sites for hydroxylation is 6. The fourth-order valence-corrected chi connectivity index (χ4v) is 41.3. The van der Waals surface area contributed by atoms with Crippen LogP contribution in [0.5, 0.6) is 0 Å². The summed E-state index contributed by atoms with van der Waals surface area (Å²) in [4.78, 5) is 8.11. The van der Waals surface area contributed by atoms with Crippen LogP contribution in [0.25, 0.3) is 147 Å². The highest BCUT2D eigenvalue weighted by Crippen LogP contribution is 2.61. The normalized spacial score (nSPS) is 12.1. The smallest absolute Gasteiger partial charge is 0.0651 e. The number of benzene rings is 6. The maximum absolute atomic E-state index is 3.96. The molecule has 0 fully saturated rings. The van der Waals surface area contributed by atoms with Crippen LogP contribution in [0.1, 0.15) is 47.2 Å². The maximum atomic E-state index is 3.96. The SMILES string of the molecule is CCc1ccc(-c2sc3c(sc4c5sc(-c6ccc(CC)cc6Br)c(Br)c5sc34)c2Br)c(Br)c1.Cc1ccc(-c2sc3c(sc4c5sc(-c6ccc(C)cc6I)c(I)c5sc34)c2I)c(I)c1.Cc1ccc(I)c(-c2sc3c(sc4c5sc(-c6cc(C)ccc6I)c(Br)c5sc34)c2Br)c1. The summed E-state index contributed by atoms with van der Waals surface area (Å²) >= 11 is 61.8. The Morgan fingerprint density at radius 3 is 0.806 bits per heavy atom. The lowest BCUT2D eigenvalue weighted by Crippen LogP contribution is -1.83. The number of hydrogen-bond donors (Lipinski definition) is 0. The highest BCUT2D eigenvalue weighted by molar-refractivity contribution is 14.1. The molecule has 0 radical (unpaired) electrons. The molecule has 0 aliphatic heterocycles. The van der Waals surface area contributed by atoms with Gasteiger partial charge in [0.05, 0.1) is 132 Å². The first kappa shape index (κ1) is 73.5. The number of thiophene rings is 12. The van der Waals surface area contributed by atoms with E-state index in [9.17, 15) is 0 Å². The lowest BCUT2D eigenvalue weighted by atomic mass is 10.1. The van der Waals surface area contributed by atoms with Gasteiger partial charge in [0.25, 0.3) is 0 Å². The van der Waals surface area contributed by atoms with Gasteiger partial charge in [0.15, 0.2) is 0 Å². The zero-order valence-corrected chi connectivity index (χ0v) is 83.5. The Morgan fingerprint density at radius 1 is 0.245 bits per heavy atom. The Bertz CT molecular complexity index is 5960. The van der Waals surface area contributed by atoms with E-state index >= 15 is 0 Å². The molecule has 0 nitrogen and oxygen atoms in total. The van der Waals surface area contributed by atoms with Gasteiger partial charge in [-0.25, -0.2) is 0 Å². The first-order chi connectivity index (χ1) is 47.1. The number of fused-ring (bicyclic) bond motifs is 15. The summed E-state index contributed by atoms with van der Waals surface area (Å²) in [5.41, 5.74) is 15.8. The Morgan fingerprint density at radius 2 is 0.500 bits per heavy atom. The summed E-state index contributed by atoms with van der Waals surface area (Å²) in [6, 6.07) is 40.5. The van der Waals surface area contributed by atoms with E-state index in [1.807, 2.05) is 136 Å². The van der Waals surface area contributed by atoms with E-state index in [2.05, 4.69) is 382 Å². The van der Waals surface area contributed by atoms with Gasteiger partial charge >= 0.3 is 0 Å². The fourth-order valence-electron chi connectivity index (χ4n) is 11.8. The van der Waals surface area contributed by atoms with Crippen molar-refractivity contribution in [3.63, 3.8) is 0 Å². The molecule has 0 saturated carbocycles. The molecule has 0 saturated heterocycles. The maximum Gasteiger partial charge on any atom is 0.0651 e. The average molecular weight is 2550 g/mol. The Hall–Kier alpha value is 1.32. The Labute approximate surface area is 745 Å². The molecule has 0 unspecified atom stereocenters. The lowest BCUT2D eigenvalue weighted by Gasteiger charge is -2.05. The van der Waals surface area contributed by atoms with Crippen molar-refractivity contribution in [2.45, 2.75) is 54.4 Å². The number of halogens is 12. The minimum absolute atomic E-state index is 1.04. The number of rotatable bonds is 8. The van der Waals surface area contributed by atoms with Crippen molar-refractivity contribution in [1.82, 2.24) is 0 Å². The molecule has 0 atom stereocenters. The van der Waals surface area contributed by atoms with Gasteiger partial charge in [0.1, 0.15) is 0 Å². The standard InChI is InChI=1S/C26H16Br4S4.C24H12Br2I2S4.C24H12I4S4/c1-3-11-5-7-13(15(27)9-11)19-17(29)21-23(31-19)25-26(33-21)24-22(34-25)18(30)20(32-24)14-8-6-12(4-2)10-16(14)28;1-9-3-5-13(27)11(7-9)17-15(25)19-21(29-17)23-24(31-19)22-20(32-23)16(26)18(30-22)12-8-10(2)4-6-14(12)28;1-9-3-5-11(13(25)7-9)17-15(27)19-21(29-17)23-24(31-19)22-20(32-23)16(28)18(30-22)12-6-4-10(2)8-14(12)26/h5-10H,3-4H2,1-2H3;2*3-8H,1-2H3. The topological polar surface area (TPSA) is 0 Å². The van der Waals surface area contributed by atoms with E-state index in [4.69, 9.17) is 0 Å². The van der Waals surface area contributed by atoms with E-state index < -0.39 is 0 Å². The third-order valence-electron chi connectivity index (χ3n) is 16.8. The first-order valence-corrected chi connectivity index (χ1v) is 51.0. The minimum atomic E-state index is 1.04. The van der Waals surface area contributed by atoms with Crippen LogP contribution in [0.15, 0.2) is 136 Å². The summed E-state index contributed by atoms with van der Waals surface area (Å²) < 4.78 is 40.9. The third-order valence-corrected chi connectivity index (χ3v) is 47.4. The van der Waals surface area contributed by atoms with E-state index in [0.29, 0.717) is 0 Å². The largest absolute Gasteiger partial charge is 0.132 e. The van der Waals surface area contributed by atoms with Gasteiger partial charge in [-0.3, -0.25) is 0 Å². The molecule has 0 N–H and O–H groups in total. The molecule has 24 heteroatoms. The van der Waals surface area contributed by atoms with Crippen LogP contribution in [0.4, 0.5) is 0 Å². The van der Waals surface area contributed by atoms with Crippen molar-refractivity contribution < 1.29 is 0 Å². The summed E-state index contributed by atoms with van der Waals surface area (Å²) in [7, 11) is 0. The van der Waals surface area contributed by atoms with Gasteiger partial charge in [-0.2, -0.15) is 0 Å². The highest BCUT2D eigenvalue weighted by atomic mass is 127. The van der Waals surface area contributed by atoms with Gasteiger partial charge in [-0.15, -0.1) is 136 Å². The van der Waals surface area contributed by atoms with Crippen molar-refractivity contribution in [2.24, 2.45) is 0 Å². The Kier molecular flexibility index (Phi) is 22.2. The molecule has 0 aliphatic rings. The molecule has 492 valence electrons. The van der Waals surface area contributed by atoms with Crippen molar-refractivity contribution in [1.29, 1.82) is 0 Å². The van der Waals surface area contributed by atoms with Crippen LogP contribution >= 0.6 is 367 Å². The van der Waals surface area contributed by atoms with E-state index in [-0.39, 0.29) is 0 Å². The molecule has 18 rings (SSSR count). The second-order valence-electron chi connectivity index (χ2n) is 23.3. The molecule has 0 aliphatic carbocycles. The van der Waals surface area contributed by atoms with Crippen LogP contribution in [0, 0.1) is 49.1 Å². The molecule has 12 aromatic heterocycles. The molecule has 0 bridgehead atoms. The summed E-state index contributed by atoms with van der Waals surface area (Å²) in [6.45, 7) is 13.1. The second kappa shape index (κ2) is 29.6. The van der Waals surface area contributed by atoms with Gasteiger partial charge < -0.3 is 0 Å². The van der Waals surface area contributed by atoms with Crippen LogP contribution < -0.4 is 0 Å². The molecular weight excluding hydrogens is 2510 g/mol. The van der Waals surface area contributed by atoms with Crippen molar-refractivity contribution >= 4 is 452 Å². The van der Waals surface area contributed by atoms with Crippen molar-refractivity contribution in [3.05, 3.63) is 191 Å².